The Balaban J connectivity index is 2.05. The van der Waals surface area contributed by atoms with Crippen molar-refractivity contribution in [3.8, 4) is 0 Å². The van der Waals surface area contributed by atoms with E-state index in [2.05, 4.69) is 47.6 Å². The van der Waals surface area contributed by atoms with E-state index in [9.17, 15) is 4.79 Å². The van der Waals surface area contributed by atoms with Gasteiger partial charge in [0, 0.05) is 12.0 Å². The van der Waals surface area contributed by atoms with Crippen LogP contribution in [0, 0.1) is 6.92 Å². The van der Waals surface area contributed by atoms with Gasteiger partial charge in [0.1, 0.15) is 5.60 Å². The molecule has 100 valence electrons. The lowest BCUT2D eigenvalue weighted by Crippen LogP contribution is -2.32. The zero-order valence-electron chi connectivity index (χ0n) is 11.0. The topological polar surface area (TPSA) is 26.3 Å². The van der Waals surface area contributed by atoms with E-state index in [-0.39, 0.29) is 10.8 Å². The Morgan fingerprint density at radius 1 is 1.47 bits per heavy atom. The SMILES string of the molecule is C=C1C[C@]2(CCCc3cc(C)ccc3[C@H]2Br)OC1=O. The molecule has 0 saturated carbocycles. The van der Waals surface area contributed by atoms with Crippen LogP contribution < -0.4 is 0 Å². The van der Waals surface area contributed by atoms with E-state index in [1.807, 2.05) is 0 Å². The van der Waals surface area contributed by atoms with Gasteiger partial charge in [0.15, 0.2) is 0 Å². The van der Waals surface area contributed by atoms with Crippen LogP contribution in [0.3, 0.4) is 0 Å². The summed E-state index contributed by atoms with van der Waals surface area (Å²) in [7, 11) is 0. The maximum atomic E-state index is 11.7. The number of aryl methyl sites for hydroxylation is 2. The number of alkyl halides is 1. The monoisotopic (exact) mass is 320 g/mol. The predicted molar refractivity (Wildman–Crippen MR) is 78.4 cm³/mol. The van der Waals surface area contributed by atoms with Crippen molar-refractivity contribution in [3.05, 3.63) is 47.0 Å². The van der Waals surface area contributed by atoms with Crippen LogP contribution in [0.15, 0.2) is 30.4 Å². The normalized spacial score (nSPS) is 30.1. The molecule has 0 amide bonds. The third-order valence-electron chi connectivity index (χ3n) is 4.18. The average molecular weight is 321 g/mol. The number of carbonyl (C=O) groups is 1. The molecule has 0 bridgehead atoms. The molecule has 1 aliphatic carbocycles. The highest BCUT2D eigenvalue weighted by Gasteiger charge is 2.49. The number of esters is 1. The maximum absolute atomic E-state index is 11.7. The first-order valence-electron chi connectivity index (χ1n) is 6.66. The molecule has 0 radical (unpaired) electrons. The number of hydrogen-bond donors (Lipinski definition) is 0. The summed E-state index contributed by atoms with van der Waals surface area (Å²) in [5, 5.41) is 0. The summed E-state index contributed by atoms with van der Waals surface area (Å²) in [4.78, 5) is 11.8. The summed E-state index contributed by atoms with van der Waals surface area (Å²) in [5.41, 5.74) is 4.06. The lowest BCUT2D eigenvalue weighted by Gasteiger charge is -2.31. The Bertz CT molecular complexity index is 546. The van der Waals surface area contributed by atoms with Crippen LogP contribution in [0.1, 0.15) is 40.8 Å². The van der Waals surface area contributed by atoms with Gasteiger partial charge in [0.05, 0.1) is 4.83 Å². The molecule has 3 rings (SSSR count). The van der Waals surface area contributed by atoms with Gasteiger partial charge in [-0.1, -0.05) is 46.3 Å². The van der Waals surface area contributed by atoms with Crippen molar-refractivity contribution < 1.29 is 9.53 Å². The quantitative estimate of drug-likeness (QED) is 0.410. The lowest BCUT2D eigenvalue weighted by atomic mass is 9.88. The van der Waals surface area contributed by atoms with Crippen molar-refractivity contribution in [3.63, 3.8) is 0 Å². The van der Waals surface area contributed by atoms with Crippen LogP contribution in [-0.2, 0) is 16.0 Å². The molecule has 0 N–H and O–H groups in total. The number of carbonyl (C=O) groups excluding carboxylic acids is 1. The van der Waals surface area contributed by atoms with Crippen molar-refractivity contribution in [2.45, 2.75) is 43.0 Å². The second kappa shape index (κ2) is 4.48. The van der Waals surface area contributed by atoms with Gasteiger partial charge in [-0.25, -0.2) is 4.79 Å². The Kier molecular flexibility index (Phi) is 3.05. The number of hydrogen-bond acceptors (Lipinski definition) is 2. The van der Waals surface area contributed by atoms with Gasteiger partial charge in [0.2, 0.25) is 0 Å². The minimum atomic E-state index is -0.436. The van der Waals surface area contributed by atoms with Gasteiger partial charge in [-0.2, -0.15) is 0 Å². The van der Waals surface area contributed by atoms with Crippen molar-refractivity contribution in [1.82, 2.24) is 0 Å². The molecule has 1 fully saturated rings. The van der Waals surface area contributed by atoms with Crippen LogP contribution in [-0.4, -0.2) is 11.6 Å². The number of rotatable bonds is 0. The molecule has 1 spiro atoms. The minimum Gasteiger partial charge on any atom is -0.454 e. The smallest absolute Gasteiger partial charge is 0.334 e. The fourth-order valence-electron chi connectivity index (χ4n) is 3.19. The van der Waals surface area contributed by atoms with Crippen molar-refractivity contribution in [1.29, 1.82) is 0 Å². The maximum Gasteiger partial charge on any atom is 0.334 e. The molecule has 3 heteroatoms. The number of halogens is 1. The van der Waals surface area contributed by atoms with Gasteiger partial charge < -0.3 is 4.74 Å². The van der Waals surface area contributed by atoms with E-state index < -0.39 is 5.60 Å². The summed E-state index contributed by atoms with van der Waals surface area (Å²) in [6.45, 7) is 5.94. The Hall–Kier alpha value is -1.09. The molecular formula is C16H17BrO2. The highest BCUT2D eigenvalue weighted by atomic mass is 79.9. The van der Waals surface area contributed by atoms with Gasteiger partial charge in [-0.3, -0.25) is 0 Å². The van der Waals surface area contributed by atoms with Crippen LogP contribution >= 0.6 is 15.9 Å². The summed E-state index contributed by atoms with van der Waals surface area (Å²) in [6, 6.07) is 6.53. The summed E-state index contributed by atoms with van der Waals surface area (Å²) < 4.78 is 5.70. The van der Waals surface area contributed by atoms with Crippen LogP contribution in [0.5, 0.6) is 0 Å². The largest absolute Gasteiger partial charge is 0.454 e. The zero-order valence-corrected chi connectivity index (χ0v) is 12.6. The average Bonchev–Trinajstić information content (AvgIpc) is 2.58. The van der Waals surface area contributed by atoms with Gasteiger partial charge >= 0.3 is 5.97 Å². The number of benzene rings is 1. The highest BCUT2D eigenvalue weighted by Crippen LogP contribution is 2.50. The molecule has 1 aromatic carbocycles. The molecule has 2 aliphatic rings. The summed E-state index contributed by atoms with van der Waals surface area (Å²) >= 11 is 3.78. The van der Waals surface area contributed by atoms with E-state index in [0.717, 1.165) is 19.3 Å². The molecule has 19 heavy (non-hydrogen) atoms. The van der Waals surface area contributed by atoms with E-state index in [0.29, 0.717) is 12.0 Å². The fourth-order valence-corrected chi connectivity index (χ4v) is 4.12. The molecule has 1 saturated heterocycles. The summed E-state index contributed by atoms with van der Waals surface area (Å²) in [5.74, 6) is -0.236. The Labute approximate surface area is 122 Å². The van der Waals surface area contributed by atoms with Gasteiger partial charge in [0.25, 0.3) is 0 Å². The molecule has 2 nitrogen and oxygen atoms in total. The van der Waals surface area contributed by atoms with Crippen molar-refractivity contribution in [2.75, 3.05) is 0 Å². The van der Waals surface area contributed by atoms with E-state index >= 15 is 0 Å². The Morgan fingerprint density at radius 2 is 2.26 bits per heavy atom. The molecule has 1 heterocycles. The lowest BCUT2D eigenvalue weighted by molar-refractivity contribution is -0.146. The Morgan fingerprint density at radius 3 is 2.95 bits per heavy atom. The van der Waals surface area contributed by atoms with Crippen molar-refractivity contribution in [2.24, 2.45) is 0 Å². The van der Waals surface area contributed by atoms with E-state index in [1.54, 1.807) is 0 Å². The third kappa shape index (κ3) is 2.04. The first kappa shape index (κ1) is 12.9. The van der Waals surface area contributed by atoms with E-state index in [1.165, 1.54) is 16.7 Å². The van der Waals surface area contributed by atoms with Crippen LogP contribution in [0.25, 0.3) is 0 Å². The van der Waals surface area contributed by atoms with Crippen LogP contribution in [0.4, 0.5) is 0 Å². The zero-order chi connectivity index (χ0) is 13.6. The first-order chi connectivity index (χ1) is 9.02. The van der Waals surface area contributed by atoms with Gasteiger partial charge in [-0.05, 0) is 37.3 Å². The standard InChI is InChI=1S/C16H17BrO2/c1-10-5-6-13-12(8-10)4-3-7-16(14(13)17)9-11(2)15(18)19-16/h5-6,8,14H,2-4,7,9H2,1H3/t14-,16+/m1/s1. The molecule has 2 atom stereocenters. The molecule has 1 aliphatic heterocycles. The minimum absolute atomic E-state index is 0.0568. The van der Waals surface area contributed by atoms with Crippen LogP contribution in [0.2, 0.25) is 0 Å². The molecule has 1 aromatic rings. The van der Waals surface area contributed by atoms with Crippen molar-refractivity contribution >= 4 is 21.9 Å². The van der Waals surface area contributed by atoms with Gasteiger partial charge in [-0.15, -0.1) is 0 Å². The number of ether oxygens (including phenoxy) is 1. The molecule has 0 unspecified atom stereocenters. The second-order valence-corrected chi connectivity index (χ2v) is 6.57. The number of fused-ring (bicyclic) bond motifs is 1. The fraction of sp³-hybridized carbons (Fsp3) is 0.438. The molecular weight excluding hydrogens is 304 g/mol. The highest BCUT2D eigenvalue weighted by molar-refractivity contribution is 9.09. The summed E-state index contributed by atoms with van der Waals surface area (Å²) in [6.07, 6.45) is 3.61. The predicted octanol–water partition coefficient (Wildman–Crippen LogP) is 4.01. The third-order valence-corrected chi connectivity index (χ3v) is 5.50. The first-order valence-corrected chi connectivity index (χ1v) is 7.58. The second-order valence-electron chi connectivity index (χ2n) is 5.65. The molecule has 0 aromatic heterocycles. The van der Waals surface area contributed by atoms with E-state index in [4.69, 9.17) is 4.74 Å².